The van der Waals surface area contributed by atoms with Gasteiger partial charge in [0.2, 0.25) is 0 Å². The molecule has 0 spiro atoms. The highest BCUT2D eigenvalue weighted by molar-refractivity contribution is 7.87. The summed E-state index contributed by atoms with van der Waals surface area (Å²) in [4.78, 5) is 0. The van der Waals surface area contributed by atoms with Gasteiger partial charge in [-0.2, -0.15) is 17.4 Å². The molecule has 0 aliphatic carbocycles. The third-order valence-electron chi connectivity index (χ3n) is 3.43. The molecule has 1 N–H and O–H groups in total. The van der Waals surface area contributed by atoms with Crippen molar-refractivity contribution in [2.24, 2.45) is 5.92 Å². The molecule has 1 aliphatic heterocycles. The van der Waals surface area contributed by atoms with Crippen LogP contribution in [-0.4, -0.2) is 37.7 Å². The predicted molar refractivity (Wildman–Crippen MR) is 76.1 cm³/mol. The maximum Gasteiger partial charge on any atom is 0.279 e. The zero-order chi connectivity index (χ0) is 13.6. The number of hydrogen-bond acceptors (Lipinski definition) is 2. The Morgan fingerprint density at radius 1 is 1.17 bits per heavy atom. The van der Waals surface area contributed by atoms with Gasteiger partial charge in [-0.05, 0) is 25.2 Å². The van der Waals surface area contributed by atoms with E-state index in [1.807, 2.05) is 13.8 Å². The summed E-state index contributed by atoms with van der Waals surface area (Å²) in [7, 11) is -3.35. The molecule has 1 heterocycles. The summed E-state index contributed by atoms with van der Waals surface area (Å²) in [5.41, 5.74) is 0. The average molecular weight is 297 g/mol. The Morgan fingerprint density at radius 3 is 2.17 bits per heavy atom. The van der Waals surface area contributed by atoms with E-state index in [0.717, 1.165) is 25.7 Å². The van der Waals surface area contributed by atoms with Crippen LogP contribution in [0, 0.1) is 5.92 Å². The fourth-order valence-corrected chi connectivity index (χ4v) is 4.09. The molecule has 0 aromatic heterocycles. The molecule has 0 saturated carbocycles. The first-order chi connectivity index (χ1) is 8.47. The van der Waals surface area contributed by atoms with Gasteiger partial charge in [-0.3, -0.25) is 0 Å². The van der Waals surface area contributed by atoms with E-state index < -0.39 is 10.2 Å². The first-order valence-corrected chi connectivity index (χ1v) is 8.78. The van der Waals surface area contributed by atoms with Crippen LogP contribution in [0.4, 0.5) is 0 Å². The SMILES string of the molecule is CC(C)C(CCCl)NS(=O)(=O)N1CCCCCC1. The number of alkyl halides is 1. The van der Waals surface area contributed by atoms with Crippen molar-refractivity contribution in [3.05, 3.63) is 0 Å². The lowest BCUT2D eigenvalue weighted by Crippen LogP contribution is -2.47. The minimum atomic E-state index is -3.35. The van der Waals surface area contributed by atoms with E-state index in [-0.39, 0.29) is 12.0 Å². The summed E-state index contributed by atoms with van der Waals surface area (Å²) in [6, 6.07) is -0.0734. The van der Waals surface area contributed by atoms with Crippen molar-refractivity contribution in [2.75, 3.05) is 19.0 Å². The van der Waals surface area contributed by atoms with Gasteiger partial charge in [0.05, 0.1) is 0 Å². The third-order valence-corrected chi connectivity index (χ3v) is 5.29. The monoisotopic (exact) mass is 296 g/mol. The Balaban J connectivity index is 2.66. The van der Waals surface area contributed by atoms with Crippen LogP contribution < -0.4 is 4.72 Å². The molecule has 1 atom stereocenters. The Morgan fingerprint density at radius 2 is 1.72 bits per heavy atom. The molecule has 0 radical (unpaired) electrons. The Hall–Kier alpha value is 0.160. The molecule has 1 rings (SSSR count). The van der Waals surface area contributed by atoms with E-state index >= 15 is 0 Å². The maximum absolute atomic E-state index is 12.3. The quantitative estimate of drug-likeness (QED) is 0.765. The fourth-order valence-electron chi connectivity index (χ4n) is 2.19. The van der Waals surface area contributed by atoms with Crippen molar-refractivity contribution in [1.29, 1.82) is 0 Å². The van der Waals surface area contributed by atoms with Gasteiger partial charge >= 0.3 is 0 Å². The van der Waals surface area contributed by atoms with Crippen LogP contribution in [-0.2, 0) is 10.2 Å². The minimum absolute atomic E-state index is 0.0734. The van der Waals surface area contributed by atoms with E-state index in [0.29, 0.717) is 25.4 Å². The molecule has 1 saturated heterocycles. The largest absolute Gasteiger partial charge is 0.279 e. The molecule has 4 nitrogen and oxygen atoms in total. The lowest BCUT2D eigenvalue weighted by Gasteiger charge is -2.26. The summed E-state index contributed by atoms with van der Waals surface area (Å²) < 4.78 is 29.0. The highest BCUT2D eigenvalue weighted by atomic mass is 35.5. The number of hydrogen-bond donors (Lipinski definition) is 1. The van der Waals surface area contributed by atoms with Gasteiger partial charge < -0.3 is 0 Å². The number of rotatable bonds is 6. The van der Waals surface area contributed by atoms with Crippen LogP contribution in [0.25, 0.3) is 0 Å². The van der Waals surface area contributed by atoms with E-state index in [1.165, 1.54) is 0 Å². The number of halogens is 1. The van der Waals surface area contributed by atoms with Crippen molar-refractivity contribution >= 4 is 21.8 Å². The second-order valence-corrected chi connectivity index (χ2v) is 7.34. The highest BCUT2D eigenvalue weighted by Gasteiger charge is 2.26. The van der Waals surface area contributed by atoms with Gasteiger partial charge in [-0.1, -0.05) is 26.7 Å². The van der Waals surface area contributed by atoms with Crippen LogP contribution in [0.3, 0.4) is 0 Å². The average Bonchev–Trinajstić information content (AvgIpc) is 2.57. The molecule has 0 amide bonds. The molecular weight excluding hydrogens is 272 g/mol. The van der Waals surface area contributed by atoms with E-state index in [4.69, 9.17) is 11.6 Å². The first-order valence-electron chi connectivity index (χ1n) is 6.80. The molecule has 18 heavy (non-hydrogen) atoms. The van der Waals surface area contributed by atoms with Gasteiger partial charge in [0, 0.05) is 25.0 Å². The summed E-state index contributed by atoms with van der Waals surface area (Å²) in [5.74, 6) is 0.733. The lowest BCUT2D eigenvalue weighted by molar-refractivity contribution is 0.383. The van der Waals surface area contributed by atoms with Crippen LogP contribution in [0.5, 0.6) is 0 Å². The molecule has 1 unspecified atom stereocenters. The van der Waals surface area contributed by atoms with E-state index in [2.05, 4.69) is 4.72 Å². The lowest BCUT2D eigenvalue weighted by atomic mass is 10.0. The highest BCUT2D eigenvalue weighted by Crippen LogP contribution is 2.15. The molecule has 0 aromatic carbocycles. The van der Waals surface area contributed by atoms with Crippen LogP contribution in [0.2, 0.25) is 0 Å². The third kappa shape index (κ3) is 5.03. The van der Waals surface area contributed by atoms with Crippen molar-refractivity contribution in [3.8, 4) is 0 Å². The molecular formula is C12H25ClN2O2S. The van der Waals surface area contributed by atoms with Crippen molar-refractivity contribution < 1.29 is 8.42 Å². The maximum atomic E-state index is 12.3. The zero-order valence-electron chi connectivity index (χ0n) is 11.4. The molecule has 0 bridgehead atoms. The normalized spacial score (nSPS) is 20.9. The summed E-state index contributed by atoms with van der Waals surface area (Å²) in [6.07, 6.45) is 4.85. The van der Waals surface area contributed by atoms with Crippen molar-refractivity contribution in [2.45, 2.75) is 52.0 Å². The Labute approximate surface area is 116 Å². The second kappa shape index (κ2) is 7.68. The molecule has 6 heteroatoms. The van der Waals surface area contributed by atoms with Gasteiger partial charge in [0.1, 0.15) is 0 Å². The fraction of sp³-hybridized carbons (Fsp3) is 1.00. The van der Waals surface area contributed by atoms with Crippen LogP contribution in [0.15, 0.2) is 0 Å². The van der Waals surface area contributed by atoms with E-state index in [9.17, 15) is 8.42 Å². The van der Waals surface area contributed by atoms with Crippen LogP contribution in [0.1, 0.15) is 46.0 Å². The second-order valence-electron chi connectivity index (χ2n) is 5.26. The zero-order valence-corrected chi connectivity index (χ0v) is 12.9. The van der Waals surface area contributed by atoms with Crippen LogP contribution >= 0.6 is 11.6 Å². The Bertz CT molecular complexity index is 325. The minimum Gasteiger partial charge on any atom is -0.199 e. The first kappa shape index (κ1) is 16.2. The molecule has 0 aromatic rings. The number of nitrogens with one attached hydrogen (secondary N) is 1. The smallest absolute Gasteiger partial charge is 0.199 e. The summed E-state index contributed by atoms with van der Waals surface area (Å²) in [6.45, 7) is 5.31. The Kier molecular flexibility index (Phi) is 6.92. The molecule has 108 valence electrons. The topological polar surface area (TPSA) is 49.4 Å². The van der Waals surface area contributed by atoms with Gasteiger partial charge in [-0.25, -0.2) is 0 Å². The van der Waals surface area contributed by atoms with Gasteiger partial charge in [0.15, 0.2) is 0 Å². The van der Waals surface area contributed by atoms with Gasteiger partial charge in [-0.15, -0.1) is 11.6 Å². The number of nitrogens with zero attached hydrogens (tertiary/aromatic N) is 1. The van der Waals surface area contributed by atoms with E-state index in [1.54, 1.807) is 4.31 Å². The summed E-state index contributed by atoms with van der Waals surface area (Å²) >= 11 is 5.73. The molecule has 1 aliphatic rings. The van der Waals surface area contributed by atoms with Crippen molar-refractivity contribution in [1.82, 2.24) is 9.03 Å². The summed E-state index contributed by atoms with van der Waals surface area (Å²) in [5, 5.41) is 0. The standard InChI is InChI=1S/C12H25ClN2O2S/c1-11(2)12(7-8-13)14-18(16,17)15-9-5-3-4-6-10-15/h11-12,14H,3-10H2,1-2H3. The van der Waals surface area contributed by atoms with Gasteiger partial charge in [0.25, 0.3) is 10.2 Å². The van der Waals surface area contributed by atoms with Crippen molar-refractivity contribution in [3.63, 3.8) is 0 Å². The predicted octanol–water partition coefficient (Wildman–Crippen LogP) is 2.35. The molecule has 1 fully saturated rings.